The molecule has 0 saturated heterocycles. The number of aromatic nitrogens is 2. The van der Waals surface area contributed by atoms with Crippen LogP contribution in [0.4, 0.5) is 0 Å². The van der Waals surface area contributed by atoms with E-state index in [1.54, 1.807) is 0 Å². The fourth-order valence-corrected chi connectivity index (χ4v) is 2.97. The van der Waals surface area contributed by atoms with E-state index in [-0.39, 0.29) is 0 Å². The average Bonchev–Trinajstić information content (AvgIpc) is 2.85. The van der Waals surface area contributed by atoms with Crippen molar-refractivity contribution in [3.8, 4) is 0 Å². The Morgan fingerprint density at radius 3 is 2.94 bits per heavy atom. The quantitative estimate of drug-likeness (QED) is 0.846. The van der Waals surface area contributed by atoms with Crippen molar-refractivity contribution in [2.45, 2.75) is 51.6 Å². The van der Waals surface area contributed by atoms with Crippen molar-refractivity contribution < 1.29 is 0 Å². The summed E-state index contributed by atoms with van der Waals surface area (Å²) in [6.45, 7) is 5.59. The molecule has 1 aromatic rings. The molecule has 2 rings (SSSR count). The first kappa shape index (κ1) is 11.6. The Bertz CT molecular complexity index is 332. The van der Waals surface area contributed by atoms with Gasteiger partial charge in [0.25, 0.3) is 0 Å². The first-order valence-corrected chi connectivity index (χ1v) is 6.45. The summed E-state index contributed by atoms with van der Waals surface area (Å²) in [5, 5.41) is 7.85. The lowest BCUT2D eigenvalue weighted by Crippen LogP contribution is -2.28. The first-order chi connectivity index (χ1) is 7.76. The van der Waals surface area contributed by atoms with E-state index in [2.05, 4.69) is 48.4 Å². The molecule has 1 aliphatic rings. The van der Waals surface area contributed by atoms with Gasteiger partial charge in [-0.3, -0.25) is 4.68 Å². The van der Waals surface area contributed by atoms with Gasteiger partial charge >= 0.3 is 0 Å². The molecular formula is C13H23N3. The molecule has 3 nitrogen and oxygen atoms in total. The van der Waals surface area contributed by atoms with Crippen LogP contribution in [0.5, 0.6) is 0 Å². The molecule has 0 amide bonds. The van der Waals surface area contributed by atoms with E-state index in [1.165, 1.54) is 18.4 Å². The summed E-state index contributed by atoms with van der Waals surface area (Å²) in [5.41, 5.74) is 1.43. The van der Waals surface area contributed by atoms with Crippen LogP contribution in [-0.4, -0.2) is 22.9 Å². The highest BCUT2D eigenvalue weighted by Gasteiger charge is 2.33. The van der Waals surface area contributed by atoms with E-state index in [9.17, 15) is 0 Å². The molecule has 1 saturated carbocycles. The number of nitrogens with zero attached hydrogens (tertiary/aromatic N) is 2. The van der Waals surface area contributed by atoms with E-state index in [4.69, 9.17) is 0 Å². The van der Waals surface area contributed by atoms with Crippen LogP contribution in [0.25, 0.3) is 0 Å². The molecular weight excluding hydrogens is 198 g/mol. The molecule has 1 fully saturated rings. The van der Waals surface area contributed by atoms with Gasteiger partial charge in [0.05, 0.1) is 6.20 Å². The Hall–Kier alpha value is -0.830. The zero-order valence-electron chi connectivity index (χ0n) is 10.6. The Kier molecular flexibility index (Phi) is 3.64. The number of hydrogen-bond acceptors (Lipinski definition) is 2. The SMILES string of the molecule is CCCn1cc(C2CCC(NC)C2C)cn1. The maximum atomic E-state index is 4.43. The summed E-state index contributed by atoms with van der Waals surface area (Å²) >= 11 is 0. The largest absolute Gasteiger partial charge is 0.317 e. The highest BCUT2D eigenvalue weighted by molar-refractivity contribution is 5.16. The van der Waals surface area contributed by atoms with Gasteiger partial charge in [-0.05, 0) is 43.7 Å². The van der Waals surface area contributed by atoms with Crippen LogP contribution in [0.1, 0.15) is 44.6 Å². The minimum atomic E-state index is 0.680. The molecule has 1 aromatic heterocycles. The lowest BCUT2D eigenvalue weighted by atomic mass is 9.91. The van der Waals surface area contributed by atoms with Crippen LogP contribution >= 0.6 is 0 Å². The van der Waals surface area contributed by atoms with Crippen LogP contribution in [0, 0.1) is 5.92 Å². The maximum Gasteiger partial charge on any atom is 0.0524 e. The molecule has 0 bridgehead atoms. The van der Waals surface area contributed by atoms with Crippen LogP contribution in [-0.2, 0) is 6.54 Å². The second kappa shape index (κ2) is 5.00. The molecule has 1 aliphatic carbocycles. The molecule has 0 spiro atoms. The fourth-order valence-electron chi connectivity index (χ4n) is 2.97. The van der Waals surface area contributed by atoms with Crippen LogP contribution in [0.2, 0.25) is 0 Å². The van der Waals surface area contributed by atoms with Crippen LogP contribution in [0.3, 0.4) is 0 Å². The van der Waals surface area contributed by atoms with Gasteiger partial charge < -0.3 is 5.32 Å². The Labute approximate surface area is 98.2 Å². The molecule has 3 unspecified atom stereocenters. The summed E-state index contributed by atoms with van der Waals surface area (Å²) in [5.74, 6) is 1.42. The van der Waals surface area contributed by atoms with Gasteiger partial charge in [-0.15, -0.1) is 0 Å². The molecule has 90 valence electrons. The van der Waals surface area contributed by atoms with Crippen molar-refractivity contribution in [1.82, 2.24) is 15.1 Å². The van der Waals surface area contributed by atoms with Crippen molar-refractivity contribution in [2.24, 2.45) is 5.92 Å². The van der Waals surface area contributed by atoms with E-state index >= 15 is 0 Å². The van der Waals surface area contributed by atoms with E-state index in [0.717, 1.165) is 18.9 Å². The molecule has 0 radical (unpaired) electrons. The summed E-state index contributed by atoms with van der Waals surface area (Å²) in [6.07, 6.45) is 8.05. The maximum absolute atomic E-state index is 4.43. The molecule has 3 atom stereocenters. The van der Waals surface area contributed by atoms with Crippen LogP contribution in [0.15, 0.2) is 12.4 Å². The van der Waals surface area contributed by atoms with Gasteiger partial charge in [-0.2, -0.15) is 5.10 Å². The Balaban J connectivity index is 2.06. The predicted octanol–water partition coefficient (Wildman–Crippen LogP) is 2.39. The third kappa shape index (κ3) is 2.14. The summed E-state index contributed by atoms with van der Waals surface area (Å²) in [7, 11) is 2.07. The standard InChI is InChI=1S/C13H23N3/c1-4-7-16-9-11(8-15-16)12-5-6-13(14-3)10(12)2/h8-10,12-14H,4-7H2,1-3H3. The average molecular weight is 221 g/mol. The Morgan fingerprint density at radius 2 is 2.31 bits per heavy atom. The van der Waals surface area contributed by atoms with E-state index in [0.29, 0.717) is 12.0 Å². The number of rotatable bonds is 4. The predicted molar refractivity (Wildman–Crippen MR) is 66.5 cm³/mol. The lowest BCUT2D eigenvalue weighted by molar-refractivity contribution is 0.428. The van der Waals surface area contributed by atoms with Gasteiger partial charge in [0, 0.05) is 18.8 Å². The van der Waals surface area contributed by atoms with Gasteiger partial charge in [0.2, 0.25) is 0 Å². The number of nitrogens with one attached hydrogen (secondary N) is 1. The van der Waals surface area contributed by atoms with Gasteiger partial charge in [-0.25, -0.2) is 0 Å². The van der Waals surface area contributed by atoms with Crippen molar-refractivity contribution in [1.29, 1.82) is 0 Å². The number of aryl methyl sites for hydroxylation is 1. The van der Waals surface area contributed by atoms with Gasteiger partial charge in [-0.1, -0.05) is 13.8 Å². The fraction of sp³-hybridized carbons (Fsp3) is 0.769. The normalized spacial score (nSPS) is 29.8. The molecule has 0 aromatic carbocycles. The zero-order chi connectivity index (χ0) is 11.5. The summed E-state index contributed by atoms with van der Waals surface area (Å²) in [6, 6.07) is 0.680. The number of hydrogen-bond donors (Lipinski definition) is 1. The molecule has 1 N–H and O–H groups in total. The third-order valence-corrected chi connectivity index (χ3v) is 3.96. The topological polar surface area (TPSA) is 29.9 Å². The van der Waals surface area contributed by atoms with Crippen molar-refractivity contribution in [3.63, 3.8) is 0 Å². The minimum Gasteiger partial charge on any atom is -0.317 e. The summed E-state index contributed by atoms with van der Waals surface area (Å²) < 4.78 is 2.08. The van der Waals surface area contributed by atoms with Gasteiger partial charge in [0.1, 0.15) is 0 Å². The van der Waals surface area contributed by atoms with Crippen molar-refractivity contribution in [3.05, 3.63) is 18.0 Å². The molecule has 3 heteroatoms. The monoisotopic (exact) mass is 221 g/mol. The smallest absolute Gasteiger partial charge is 0.0524 e. The highest BCUT2D eigenvalue weighted by atomic mass is 15.3. The lowest BCUT2D eigenvalue weighted by Gasteiger charge is -2.19. The third-order valence-electron chi connectivity index (χ3n) is 3.96. The molecule has 0 aliphatic heterocycles. The Morgan fingerprint density at radius 1 is 1.50 bits per heavy atom. The molecule has 1 heterocycles. The second-order valence-corrected chi connectivity index (χ2v) is 4.97. The minimum absolute atomic E-state index is 0.680. The molecule has 16 heavy (non-hydrogen) atoms. The van der Waals surface area contributed by atoms with Crippen molar-refractivity contribution >= 4 is 0 Å². The van der Waals surface area contributed by atoms with E-state index < -0.39 is 0 Å². The second-order valence-electron chi connectivity index (χ2n) is 4.97. The van der Waals surface area contributed by atoms with Crippen molar-refractivity contribution in [2.75, 3.05) is 7.05 Å². The van der Waals surface area contributed by atoms with Gasteiger partial charge in [0.15, 0.2) is 0 Å². The van der Waals surface area contributed by atoms with E-state index in [1.807, 2.05) is 0 Å². The summed E-state index contributed by atoms with van der Waals surface area (Å²) in [4.78, 5) is 0. The highest BCUT2D eigenvalue weighted by Crippen LogP contribution is 2.39. The first-order valence-electron chi connectivity index (χ1n) is 6.45. The van der Waals surface area contributed by atoms with Crippen LogP contribution < -0.4 is 5.32 Å². The zero-order valence-corrected chi connectivity index (χ0v) is 10.6.